The lowest BCUT2D eigenvalue weighted by Gasteiger charge is -2.27. The summed E-state index contributed by atoms with van der Waals surface area (Å²) in [4.78, 5) is 6.27. The van der Waals surface area contributed by atoms with Crippen LogP contribution < -0.4 is 5.73 Å². The van der Waals surface area contributed by atoms with E-state index in [1.165, 1.54) is 6.07 Å². The SMILES string of the molecule is Cc1ccc(CN=C(N)N2CCOCC2)cc1F. The number of hydrogen-bond donors (Lipinski definition) is 1. The van der Waals surface area contributed by atoms with Crippen LogP contribution in [0.5, 0.6) is 0 Å². The van der Waals surface area contributed by atoms with Gasteiger partial charge in [-0.1, -0.05) is 12.1 Å². The van der Waals surface area contributed by atoms with Crippen molar-refractivity contribution in [2.45, 2.75) is 13.5 Å². The molecular formula is C13H18FN3O. The normalized spacial score (nSPS) is 17.0. The quantitative estimate of drug-likeness (QED) is 0.636. The number of halogens is 1. The Morgan fingerprint density at radius 3 is 2.83 bits per heavy atom. The molecule has 98 valence electrons. The standard InChI is InChI=1S/C13H18FN3O/c1-10-2-3-11(8-12(10)14)9-16-13(15)17-4-6-18-7-5-17/h2-3,8H,4-7,9H2,1H3,(H2,15,16). The fourth-order valence-electron chi connectivity index (χ4n) is 1.80. The van der Waals surface area contributed by atoms with E-state index < -0.39 is 0 Å². The summed E-state index contributed by atoms with van der Waals surface area (Å²) in [7, 11) is 0. The molecule has 1 fully saturated rings. The molecule has 2 N–H and O–H groups in total. The van der Waals surface area contributed by atoms with Crippen LogP contribution in [0.2, 0.25) is 0 Å². The maximum absolute atomic E-state index is 13.4. The minimum atomic E-state index is -0.201. The third-order valence-electron chi connectivity index (χ3n) is 2.99. The van der Waals surface area contributed by atoms with Crippen molar-refractivity contribution in [1.82, 2.24) is 4.90 Å². The van der Waals surface area contributed by atoms with E-state index in [9.17, 15) is 4.39 Å². The molecular weight excluding hydrogens is 233 g/mol. The predicted octanol–water partition coefficient (Wildman–Crippen LogP) is 1.28. The van der Waals surface area contributed by atoms with Gasteiger partial charge in [0.05, 0.1) is 19.8 Å². The summed E-state index contributed by atoms with van der Waals surface area (Å²) in [6.07, 6.45) is 0. The van der Waals surface area contributed by atoms with Gasteiger partial charge in [0, 0.05) is 13.1 Å². The average molecular weight is 251 g/mol. The molecule has 18 heavy (non-hydrogen) atoms. The van der Waals surface area contributed by atoms with Crippen molar-refractivity contribution in [2.75, 3.05) is 26.3 Å². The maximum Gasteiger partial charge on any atom is 0.191 e. The predicted molar refractivity (Wildman–Crippen MR) is 68.9 cm³/mol. The summed E-state index contributed by atoms with van der Waals surface area (Å²) in [5, 5.41) is 0. The Kier molecular flexibility index (Phi) is 4.15. The van der Waals surface area contributed by atoms with Crippen LogP contribution in [0.4, 0.5) is 4.39 Å². The van der Waals surface area contributed by atoms with Gasteiger partial charge in [-0.2, -0.15) is 0 Å². The zero-order valence-electron chi connectivity index (χ0n) is 10.5. The van der Waals surface area contributed by atoms with Gasteiger partial charge in [-0.15, -0.1) is 0 Å². The summed E-state index contributed by atoms with van der Waals surface area (Å²) in [5.74, 6) is 0.298. The summed E-state index contributed by atoms with van der Waals surface area (Å²) in [5.41, 5.74) is 7.36. The lowest BCUT2D eigenvalue weighted by molar-refractivity contribution is 0.0674. The lowest BCUT2D eigenvalue weighted by Crippen LogP contribution is -2.44. The summed E-state index contributed by atoms with van der Waals surface area (Å²) >= 11 is 0. The Morgan fingerprint density at radius 2 is 2.17 bits per heavy atom. The first-order valence-electron chi connectivity index (χ1n) is 6.04. The van der Waals surface area contributed by atoms with Crippen molar-refractivity contribution in [1.29, 1.82) is 0 Å². The van der Waals surface area contributed by atoms with Gasteiger partial charge in [0.15, 0.2) is 5.96 Å². The van der Waals surface area contributed by atoms with Crippen LogP contribution in [0, 0.1) is 12.7 Å². The molecule has 5 heteroatoms. The van der Waals surface area contributed by atoms with E-state index in [-0.39, 0.29) is 5.82 Å². The Morgan fingerprint density at radius 1 is 1.44 bits per heavy atom. The number of aryl methyl sites for hydroxylation is 1. The fraction of sp³-hybridized carbons (Fsp3) is 0.462. The number of rotatable bonds is 2. The zero-order valence-corrected chi connectivity index (χ0v) is 10.5. The van der Waals surface area contributed by atoms with Crippen molar-refractivity contribution in [2.24, 2.45) is 10.7 Å². The third kappa shape index (κ3) is 3.20. The van der Waals surface area contributed by atoms with Crippen LogP contribution in [-0.2, 0) is 11.3 Å². The van der Waals surface area contributed by atoms with Gasteiger partial charge in [-0.3, -0.25) is 0 Å². The molecule has 0 unspecified atom stereocenters. The van der Waals surface area contributed by atoms with Gasteiger partial charge in [-0.05, 0) is 24.1 Å². The fourth-order valence-corrected chi connectivity index (χ4v) is 1.80. The van der Waals surface area contributed by atoms with E-state index in [2.05, 4.69) is 4.99 Å². The van der Waals surface area contributed by atoms with Crippen LogP contribution in [0.15, 0.2) is 23.2 Å². The number of guanidine groups is 1. The smallest absolute Gasteiger partial charge is 0.191 e. The highest BCUT2D eigenvalue weighted by Gasteiger charge is 2.11. The molecule has 1 aromatic rings. The van der Waals surface area contributed by atoms with Gasteiger partial charge in [0.25, 0.3) is 0 Å². The van der Waals surface area contributed by atoms with Crippen LogP contribution >= 0.6 is 0 Å². The lowest BCUT2D eigenvalue weighted by atomic mass is 10.1. The largest absolute Gasteiger partial charge is 0.378 e. The van der Waals surface area contributed by atoms with Crippen molar-refractivity contribution in [3.05, 3.63) is 35.1 Å². The van der Waals surface area contributed by atoms with E-state index in [4.69, 9.17) is 10.5 Å². The first kappa shape index (κ1) is 12.8. The number of morpholine rings is 1. The molecule has 0 spiro atoms. The molecule has 1 heterocycles. The molecule has 0 radical (unpaired) electrons. The average Bonchev–Trinajstić information content (AvgIpc) is 2.41. The summed E-state index contributed by atoms with van der Waals surface area (Å²) in [6.45, 7) is 5.02. The van der Waals surface area contributed by atoms with Gasteiger partial charge in [-0.25, -0.2) is 9.38 Å². The van der Waals surface area contributed by atoms with Crippen molar-refractivity contribution < 1.29 is 9.13 Å². The van der Waals surface area contributed by atoms with E-state index in [1.807, 2.05) is 11.0 Å². The third-order valence-corrected chi connectivity index (χ3v) is 2.99. The van der Waals surface area contributed by atoms with Gasteiger partial charge >= 0.3 is 0 Å². The second-order valence-electron chi connectivity index (χ2n) is 4.36. The second kappa shape index (κ2) is 5.82. The molecule has 1 aliphatic rings. The van der Waals surface area contributed by atoms with Crippen LogP contribution in [-0.4, -0.2) is 37.2 Å². The molecule has 0 atom stereocenters. The highest BCUT2D eigenvalue weighted by Crippen LogP contribution is 2.10. The highest BCUT2D eigenvalue weighted by atomic mass is 19.1. The molecule has 0 bridgehead atoms. The number of ether oxygens (including phenoxy) is 1. The Hall–Kier alpha value is -1.62. The molecule has 1 saturated heterocycles. The van der Waals surface area contributed by atoms with Crippen molar-refractivity contribution in [3.63, 3.8) is 0 Å². The first-order chi connectivity index (χ1) is 8.66. The zero-order chi connectivity index (χ0) is 13.0. The van der Waals surface area contributed by atoms with Gasteiger partial charge in [0.1, 0.15) is 5.82 Å². The monoisotopic (exact) mass is 251 g/mol. The van der Waals surface area contributed by atoms with Crippen molar-refractivity contribution in [3.8, 4) is 0 Å². The first-order valence-corrected chi connectivity index (χ1v) is 6.04. The minimum Gasteiger partial charge on any atom is -0.378 e. The number of benzene rings is 1. The van der Waals surface area contributed by atoms with E-state index in [0.29, 0.717) is 31.3 Å². The maximum atomic E-state index is 13.4. The summed E-state index contributed by atoms with van der Waals surface area (Å²) < 4.78 is 18.6. The molecule has 0 aliphatic carbocycles. The molecule has 0 aromatic heterocycles. The second-order valence-corrected chi connectivity index (χ2v) is 4.36. The number of nitrogens with two attached hydrogens (primary N) is 1. The molecule has 1 aromatic carbocycles. The number of hydrogen-bond acceptors (Lipinski definition) is 2. The van der Waals surface area contributed by atoms with Crippen LogP contribution in [0.1, 0.15) is 11.1 Å². The van der Waals surface area contributed by atoms with Gasteiger partial charge in [0.2, 0.25) is 0 Å². The van der Waals surface area contributed by atoms with Crippen LogP contribution in [0.25, 0.3) is 0 Å². The Bertz CT molecular complexity index is 442. The van der Waals surface area contributed by atoms with E-state index in [1.54, 1.807) is 13.0 Å². The Labute approximate surface area is 106 Å². The topological polar surface area (TPSA) is 50.8 Å². The highest BCUT2D eigenvalue weighted by molar-refractivity contribution is 5.78. The number of aliphatic imine (C=N–C) groups is 1. The van der Waals surface area contributed by atoms with Crippen molar-refractivity contribution >= 4 is 5.96 Å². The van der Waals surface area contributed by atoms with Gasteiger partial charge < -0.3 is 15.4 Å². The van der Waals surface area contributed by atoms with Crippen LogP contribution in [0.3, 0.4) is 0 Å². The molecule has 4 nitrogen and oxygen atoms in total. The van der Waals surface area contributed by atoms with E-state index >= 15 is 0 Å². The molecule has 0 saturated carbocycles. The minimum absolute atomic E-state index is 0.201. The summed E-state index contributed by atoms with van der Waals surface area (Å²) in [6, 6.07) is 5.13. The molecule has 0 amide bonds. The molecule has 2 rings (SSSR count). The number of nitrogens with zero attached hydrogens (tertiary/aromatic N) is 2. The molecule has 1 aliphatic heterocycles. The van der Waals surface area contributed by atoms with E-state index in [0.717, 1.165) is 18.7 Å². The Balaban J connectivity index is 1.98.